The molecule has 0 fully saturated rings. The zero-order chi connectivity index (χ0) is 54.0. The number of urea groups is 1. The molecule has 0 radical (unpaired) electrons. The van der Waals surface area contributed by atoms with E-state index in [0.29, 0.717) is 16.2 Å². The molecule has 2 aliphatic heterocycles. The SMILES string of the molecule is CC(C)[C@H](NC(=O)CNC(=O)CCC(=O)O)C(=O)N[C@@H](CCCNC(N)=O)C(=O)N(CCCNCCN1C(=O)c2cccc3cc([N+](=O)[O-])cc(c23)C1=O)CCN1C(=O)c2cccc3cc([N+](=O)[O-])cc(c23)C1=O. The standard InChI is InChI=1S/C48H53N11O15/c1-26(2)41(54-37(61)25-52-36(60)12-13-38(62)63)42(64)53-35(11-5-15-51-48(49)70)47(69)55(19-20-57-44(66)32-10-4-8-28-22-30(59(73)74)24-34(40(28)32)46(57)68)17-6-14-50-16-18-56-43(65)31-9-3-7-27-21-29(58(71)72)23-33(39(27)31)45(56)67/h3-4,7-10,21-24,26,35,41,50H,5-6,11-20,25H2,1-2H3,(H,52,60)(H,53,64)(H,54,61)(H,62,63)(H3,49,51,70)/t35-,41-/m0/s1. The molecule has 26 heteroatoms. The van der Waals surface area contributed by atoms with E-state index in [1.807, 2.05) is 0 Å². The van der Waals surface area contributed by atoms with Gasteiger partial charge in [-0.15, -0.1) is 0 Å². The van der Waals surface area contributed by atoms with Gasteiger partial charge in [-0.05, 0) is 54.6 Å². The van der Waals surface area contributed by atoms with Gasteiger partial charge in [-0.2, -0.15) is 0 Å². The van der Waals surface area contributed by atoms with Gasteiger partial charge in [0.1, 0.15) is 12.1 Å². The third-order valence-corrected chi connectivity index (χ3v) is 12.3. The maximum Gasteiger partial charge on any atom is 0.312 e. The lowest BCUT2D eigenvalue weighted by atomic mass is 9.93. The minimum atomic E-state index is -1.37. The van der Waals surface area contributed by atoms with E-state index >= 15 is 0 Å². The second-order valence-corrected chi connectivity index (χ2v) is 17.7. The molecule has 74 heavy (non-hydrogen) atoms. The summed E-state index contributed by atoms with van der Waals surface area (Å²) in [4.78, 5) is 157. The normalized spacial score (nSPS) is 13.7. The van der Waals surface area contributed by atoms with Crippen molar-refractivity contribution in [1.29, 1.82) is 0 Å². The van der Waals surface area contributed by atoms with Gasteiger partial charge in [0.05, 0.1) is 33.9 Å². The Morgan fingerprint density at radius 3 is 1.76 bits per heavy atom. The lowest BCUT2D eigenvalue weighted by Crippen LogP contribution is -2.57. The zero-order valence-electron chi connectivity index (χ0n) is 40.2. The van der Waals surface area contributed by atoms with Crippen LogP contribution in [0.5, 0.6) is 0 Å². The van der Waals surface area contributed by atoms with Crippen LogP contribution in [0, 0.1) is 26.1 Å². The molecule has 0 spiro atoms. The molecule has 6 rings (SSSR count). The number of non-ortho nitro benzene ring substituents is 2. The number of aliphatic carboxylic acids is 1. The Labute approximate surface area is 420 Å². The fourth-order valence-corrected chi connectivity index (χ4v) is 8.67. The summed E-state index contributed by atoms with van der Waals surface area (Å²) in [5.74, 6) is -7.80. The number of imide groups is 2. The number of carboxylic acid groups (broad SMARTS) is 1. The van der Waals surface area contributed by atoms with E-state index in [0.717, 1.165) is 21.9 Å². The van der Waals surface area contributed by atoms with Crippen molar-refractivity contribution in [3.8, 4) is 0 Å². The molecular formula is C48H53N11O15. The molecule has 0 aromatic heterocycles. The number of carbonyl (C=O) groups excluding carboxylic acids is 9. The number of nitrogens with two attached hydrogens (primary N) is 1. The number of rotatable bonds is 26. The maximum absolute atomic E-state index is 14.8. The second-order valence-electron chi connectivity index (χ2n) is 17.7. The van der Waals surface area contributed by atoms with Crippen LogP contribution >= 0.6 is 0 Å². The van der Waals surface area contributed by atoms with Gasteiger partial charge in [-0.1, -0.05) is 38.1 Å². The summed E-state index contributed by atoms with van der Waals surface area (Å²) in [5, 5.41) is 46.5. The topological polar surface area (TPSA) is 373 Å². The van der Waals surface area contributed by atoms with Gasteiger partial charge in [0.25, 0.3) is 35.0 Å². The summed E-state index contributed by atoms with van der Waals surface area (Å²) in [7, 11) is 0. The van der Waals surface area contributed by atoms with Crippen molar-refractivity contribution in [2.75, 3.05) is 52.4 Å². The molecule has 0 unspecified atom stereocenters. The molecule has 0 aliphatic carbocycles. The monoisotopic (exact) mass is 1020 g/mol. The Morgan fingerprint density at radius 2 is 1.23 bits per heavy atom. The number of carbonyl (C=O) groups is 10. The van der Waals surface area contributed by atoms with Gasteiger partial charge in [-0.25, -0.2) is 4.79 Å². The van der Waals surface area contributed by atoms with E-state index in [2.05, 4.69) is 26.6 Å². The molecule has 26 nitrogen and oxygen atoms in total. The molecule has 0 bridgehead atoms. The van der Waals surface area contributed by atoms with Crippen molar-refractivity contribution >= 4 is 92.2 Å². The first kappa shape index (κ1) is 54.4. The molecule has 0 saturated carbocycles. The van der Waals surface area contributed by atoms with Crippen LogP contribution in [-0.4, -0.2) is 153 Å². The largest absolute Gasteiger partial charge is 0.481 e. The fraction of sp³-hybridized carbons (Fsp3) is 0.375. The first-order valence-electron chi connectivity index (χ1n) is 23.4. The Balaban J connectivity index is 1.20. The highest BCUT2D eigenvalue weighted by molar-refractivity contribution is 6.27. The summed E-state index contributed by atoms with van der Waals surface area (Å²) >= 11 is 0. The molecule has 2 atom stereocenters. The Morgan fingerprint density at radius 1 is 0.676 bits per heavy atom. The van der Waals surface area contributed by atoms with Crippen molar-refractivity contribution in [1.82, 2.24) is 41.3 Å². The highest BCUT2D eigenvalue weighted by atomic mass is 16.6. The molecule has 4 aromatic rings. The van der Waals surface area contributed by atoms with Crippen molar-refractivity contribution in [2.24, 2.45) is 11.7 Å². The van der Waals surface area contributed by atoms with Crippen molar-refractivity contribution in [3.63, 3.8) is 0 Å². The molecule has 390 valence electrons. The van der Waals surface area contributed by atoms with E-state index in [1.54, 1.807) is 26.0 Å². The van der Waals surface area contributed by atoms with Crippen LogP contribution in [0.25, 0.3) is 21.5 Å². The van der Waals surface area contributed by atoms with Gasteiger partial charge in [0.15, 0.2) is 0 Å². The number of hydrogen-bond donors (Lipinski definition) is 7. The number of primary amides is 1. The van der Waals surface area contributed by atoms with E-state index in [4.69, 9.17) is 10.8 Å². The number of nitrogens with zero attached hydrogens (tertiary/aromatic N) is 5. The van der Waals surface area contributed by atoms with Gasteiger partial charge in [-0.3, -0.25) is 73.2 Å². The molecular weight excluding hydrogens is 971 g/mol. The number of amides is 10. The highest BCUT2D eigenvalue weighted by Crippen LogP contribution is 2.35. The number of nitro groups is 2. The molecule has 0 saturated heterocycles. The van der Waals surface area contributed by atoms with Crippen molar-refractivity contribution in [2.45, 2.75) is 58.0 Å². The molecule has 2 aliphatic rings. The van der Waals surface area contributed by atoms with Crippen LogP contribution in [0.4, 0.5) is 16.2 Å². The third kappa shape index (κ3) is 12.7. The van der Waals surface area contributed by atoms with Gasteiger partial charge < -0.3 is 42.3 Å². The highest BCUT2D eigenvalue weighted by Gasteiger charge is 2.37. The number of nitro benzene ring substituents is 2. The number of benzene rings is 4. The summed E-state index contributed by atoms with van der Waals surface area (Å²) in [6, 6.07) is 10.4. The fourth-order valence-electron chi connectivity index (χ4n) is 8.67. The van der Waals surface area contributed by atoms with E-state index in [9.17, 15) is 68.2 Å². The number of carboxylic acids is 1. The van der Waals surface area contributed by atoms with Crippen molar-refractivity contribution in [3.05, 3.63) is 103 Å². The predicted octanol–water partition coefficient (Wildman–Crippen LogP) is 1.57. The summed E-state index contributed by atoms with van der Waals surface area (Å²) in [6.45, 7) is 1.76. The first-order chi connectivity index (χ1) is 35.2. The van der Waals surface area contributed by atoms with Crippen LogP contribution in [0.2, 0.25) is 0 Å². The zero-order valence-corrected chi connectivity index (χ0v) is 40.2. The lowest BCUT2D eigenvalue weighted by Gasteiger charge is -2.33. The Bertz CT molecular complexity index is 2980. The van der Waals surface area contributed by atoms with Crippen LogP contribution in [0.3, 0.4) is 0 Å². The van der Waals surface area contributed by atoms with Crippen molar-refractivity contribution < 1.29 is 62.9 Å². The smallest absolute Gasteiger partial charge is 0.312 e. The average Bonchev–Trinajstić information content (AvgIpc) is 3.36. The van der Waals surface area contributed by atoms with Gasteiger partial charge in [0, 0.05) is 91.9 Å². The molecule has 10 amide bonds. The molecule has 8 N–H and O–H groups in total. The minimum Gasteiger partial charge on any atom is -0.481 e. The minimum absolute atomic E-state index is 0.00442. The van der Waals surface area contributed by atoms with E-state index in [-0.39, 0.29) is 91.9 Å². The van der Waals surface area contributed by atoms with Crippen LogP contribution in [0.1, 0.15) is 87.4 Å². The first-order valence-corrected chi connectivity index (χ1v) is 23.4. The van der Waals surface area contributed by atoms with Gasteiger partial charge in [0.2, 0.25) is 23.6 Å². The predicted molar refractivity (Wildman–Crippen MR) is 261 cm³/mol. The Kier molecular flexibility index (Phi) is 17.6. The van der Waals surface area contributed by atoms with E-state index in [1.165, 1.54) is 41.3 Å². The maximum atomic E-state index is 14.8. The van der Waals surface area contributed by atoms with E-state index < -0.39 is 119 Å². The van der Waals surface area contributed by atoms with Crippen LogP contribution in [0.15, 0.2) is 60.7 Å². The van der Waals surface area contributed by atoms with Crippen LogP contribution < -0.4 is 32.3 Å². The number of hydrogen-bond acceptors (Lipinski definition) is 15. The molecule has 2 heterocycles. The Hall–Kier alpha value is -8.94. The second kappa shape index (κ2) is 24.0. The third-order valence-electron chi connectivity index (χ3n) is 12.3. The number of nitrogens with one attached hydrogen (secondary N) is 5. The summed E-state index contributed by atoms with van der Waals surface area (Å²) in [5.41, 5.74) is 4.71. The van der Waals surface area contributed by atoms with Crippen LogP contribution in [-0.2, 0) is 24.0 Å². The average molecular weight is 1020 g/mol. The quantitative estimate of drug-likeness (QED) is 0.0203. The van der Waals surface area contributed by atoms with Gasteiger partial charge >= 0.3 is 12.0 Å². The summed E-state index contributed by atoms with van der Waals surface area (Å²) in [6.07, 6.45) is -0.746. The lowest BCUT2D eigenvalue weighted by molar-refractivity contribution is -0.384. The summed E-state index contributed by atoms with van der Waals surface area (Å²) < 4.78 is 0. The molecule has 4 aromatic carbocycles.